The zero-order valence-corrected chi connectivity index (χ0v) is 22.3. The summed E-state index contributed by atoms with van der Waals surface area (Å²) in [4.78, 5) is 17.4. The van der Waals surface area contributed by atoms with Gasteiger partial charge in [-0.2, -0.15) is 10.4 Å². The summed E-state index contributed by atoms with van der Waals surface area (Å²) in [6.07, 6.45) is 9.09. The third-order valence-electron chi connectivity index (χ3n) is 6.98. The zero-order valence-electron chi connectivity index (χ0n) is 22.3. The first-order valence-corrected chi connectivity index (χ1v) is 13.0. The van der Waals surface area contributed by atoms with Crippen LogP contribution in [0.3, 0.4) is 0 Å². The van der Waals surface area contributed by atoms with Gasteiger partial charge in [0.2, 0.25) is 0 Å². The van der Waals surface area contributed by atoms with Gasteiger partial charge in [-0.05, 0) is 62.2 Å². The van der Waals surface area contributed by atoms with Gasteiger partial charge in [0, 0.05) is 53.8 Å². The second-order valence-corrected chi connectivity index (χ2v) is 10.2. The van der Waals surface area contributed by atoms with Crippen LogP contribution in [-0.4, -0.2) is 40.0 Å². The number of aryl methyl sites for hydroxylation is 1. The molecule has 0 unspecified atom stereocenters. The highest BCUT2D eigenvalue weighted by Gasteiger charge is 2.21. The number of amides is 1. The minimum Gasteiger partial charge on any atom is -0.489 e. The maximum absolute atomic E-state index is 13.1. The van der Waals surface area contributed by atoms with Gasteiger partial charge >= 0.3 is 0 Å². The summed E-state index contributed by atoms with van der Waals surface area (Å²) in [5, 5.41) is 17.1. The Hall–Kier alpha value is -4.48. The molecule has 0 radical (unpaired) electrons. The van der Waals surface area contributed by atoms with E-state index in [4.69, 9.17) is 9.47 Å². The molecule has 2 aromatic carbocycles. The van der Waals surface area contributed by atoms with Gasteiger partial charge in [0.25, 0.3) is 5.91 Å². The molecule has 2 aromatic heterocycles. The second kappa shape index (κ2) is 11.1. The van der Waals surface area contributed by atoms with E-state index in [0.717, 1.165) is 46.5 Å². The van der Waals surface area contributed by atoms with Gasteiger partial charge in [0.1, 0.15) is 11.9 Å². The molecule has 0 spiro atoms. The number of nitrogens with zero attached hydrogens (tertiary/aromatic N) is 4. The standard InChI is InChI=1S/C31H31N5O3/c1-21-7-8-25(35-30(37)22-5-4-6-24(15-22)31(2,3)20-32)16-28(21)36-19-23(17-34-36)27-18-33-12-9-29(27)39-26-10-13-38-14-11-26/h4-9,12,15-19,26H,10-11,13-14H2,1-3H3,(H,35,37). The Balaban J connectivity index is 1.37. The molecule has 8 heteroatoms. The zero-order chi connectivity index (χ0) is 27.4. The minimum atomic E-state index is -0.685. The molecule has 1 fully saturated rings. The Labute approximate surface area is 228 Å². The summed E-state index contributed by atoms with van der Waals surface area (Å²) in [6, 6.07) is 17.1. The maximum Gasteiger partial charge on any atom is 0.255 e. The van der Waals surface area contributed by atoms with Crippen molar-refractivity contribution in [1.29, 1.82) is 5.26 Å². The van der Waals surface area contributed by atoms with Crippen molar-refractivity contribution in [2.24, 2.45) is 0 Å². The SMILES string of the molecule is Cc1ccc(NC(=O)c2cccc(C(C)(C)C#N)c2)cc1-n1cc(-c2cnccc2OC2CCOCC2)cn1. The summed E-state index contributed by atoms with van der Waals surface area (Å²) in [6.45, 7) is 7.08. The normalized spacial score (nSPS) is 14.0. The van der Waals surface area contributed by atoms with Crippen molar-refractivity contribution in [2.45, 2.75) is 45.1 Å². The lowest BCUT2D eigenvalue weighted by Crippen LogP contribution is -2.26. The molecule has 3 heterocycles. The van der Waals surface area contributed by atoms with Crippen LogP contribution in [0.1, 0.15) is 48.2 Å². The molecular weight excluding hydrogens is 490 g/mol. The Morgan fingerprint density at radius 3 is 2.77 bits per heavy atom. The van der Waals surface area contributed by atoms with Crippen molar-refractivity contribution in [3.63, 3.8) is 0 Å². The number of rotatable bonds is 7. The molecule has 1 amide bonds. The first-order chi connectivity index (χ1) is 18.8. The molecule has 0 bridgehead atoms. The molecule has 1 N–H and O–H groups in total. The molecular formula is C31H31N5O3. The summed E-state index contributed by atoms with van der Waals surface area (Å²) in [5.74, 6) is 0.530. The molecule has 0 aliphatic carbocycles. The van der Waals surface area contributed by atoms with Crippen LogP contribution in [0, 0.1) is 18.3 Å². The molecule has 8 nitrogen and oxygen atoms in total. The van der Waals surface area contributed by atoms with Crippen LogP contribution in [0.4, 0.5) is 5.69 Å². The van der Waals surface area contributed by atoms with Crippen LogP contribution in [0.25, 0.3) is 16.8 Å². The largest absolute Gasteiger partial charge is 0.489 e. The summed E-state index contributed by atoms with van der Waals surface area (Å²) < 4.78 is 13.5. The van der Waals surface area contributed by atoms with E-state index in [1.54, 1.807) is 41.5 Å². The number of hydrogen-bond acceptors (Lipinski definition) is 6. The number of benzene rings is 2. The molecule has 1 aliphatic heterocycles. The predicted molar refractivity (Wildman–Crippen MR) is 149 cm³/mol. The molecule has 5 rings (SSSR count). The van der Waals surface area contributed by atoms with E-state index in [0.29, 0.717) is 24.5 Å². The lowest BCUT2D eigenvalue weighted by Gasteiger charge is -2.24. The molecule has 1 saturated heterocycles. The highest BCUT2D eigenvalue weighted by molar-refractivity contribution is 6.04. The monoisotopic (exact) mass is 521 g/mol. The van der Waals surface area contributed by atoms with Crippen molar-refractivity contribution >= 4 is 11.6 Å². The van der Waals surface area contributed by atoms with Crippen LogP contribution in [0.2, 0.25) is 0 Å². The lowest BCUT2D eigenvalue weighted by molar-refractivity contribution is 0.0257. The van der Waals surface area contributed by atoms with E-state index in [9.17, 15) is 10.1 Å². The minimum absolute atomic E-state index is 0.115. The number of pyridine rings is 1. The van der Waals surface area contributed by atoms with Gasteiger partial charge < -0.3 is 14.8 Å². The lowest BCUT2D eigenvalue weighted by atomic mass is 9.85. The first-order valence-electron chi connectivity index (χ1n) is 13.0. The molecule has 198 valence electrons. The highest BCUT2D eigenvalue weighted by Crippen LogP contribution is 2.32. The van der Waals surface area contributed by atoms with Crippen molar-refractivity contribution in [2.75, 3.05) is 18.5 Å². The van der Waals surface area contributed by atoms with E-state index in [2.05, 4.69) is 21.5 Å². The van der Waals surface area contributed by atoms with Gasteiger partial charge in [0.15, 0.2) is 0 Å². The van der Waals surface area contributed by atoms with Crippen LogP contribution in [-0.2, 0) is 10.2 Å². The van der Waals surface area contributed by atoms with Gasteiger partial charge in [-0.15, -0.1) is 0 Å². The Bertz CT molecular complexity index is 1530. The van der Waals surface area contributed by atoms with E-state index in [1.807, 2.05) is 57.3 Å². The number of ether oxygens (including phenoxy) is 2. The Morgan fingerprint density at radius 1 is 1.15 bits per heavy atom. The number of hydrogen-bond donors (Lipinski definition) is 1. The number of aromatic nitrogens is 3. The third kappa shape index (κ3) is 5.84. The Morgan fingerprint density at radius 2 is 1.97 bits per heavy atom. The first kappa shape index (κ1) is 26.1. The average Bonchev–Trinajstić information content (AvgIpc) is 3.45. The second-order valence-electron chi connectivity index (χ2n) is 10.2. The van der Waals surface area contributed by atoms with Crippen molar-refractivity contribution in [3.05, 3.63) is 90.0 Å². The summed E-state index contributed by atoms with van der Waals surface area (Å²) >= 11 is 0. The van der Waals surface area contributed by atoms with Crippen LogP contribution in [0.5, 0.6) is 5.75 Å². The number of carbonyl (C=O) groups excluding carboxylic acids is 1. The molecule has 39 heavy (non-hydrogen) atoms. The van der Waals surface area contributed by atoms with Crippen LogP contribution < -0.4 is 10.1 Å². The van der Waals surface area contributed by atoms with Crippen molar-refractivity contribution in [3.8, 4) is 28.6 Å². The van der Waals surface area contributed by atoms with Gasteiger partial charge in [-0.1, -0.05) is 18.2 Å². The maximum atomic E-state index is 13.1. The van der Waals surface area contributed by atoms with Crippen molar-refractivity contribution < 1.29 is 14.3 Å². The number of carbonyl (C=O) groups is 1. The fourth-order valence-electron chi connectivity index (χ4n) is 4.52. The average molecular weight is 522 g/mol. The van der Waals surface area contributed by atoms with E-state index >= 15 is 0 Å². The van der Waals surface area contributed by atoms with E-state index in [1.165, 1.54) is 0 Å². The number of anilines is 1. The third-order valence-corrected chi connectivity index (χ3v) is 6.98. The van der Waals surface area contributed by atoms with Gasteiger partial charge in [-0.3, -0.25) is 9.78 Å². The van der Waals surface area contributed by atoms with Gasteiger partial charge in [-0.25, -0.2) is 4.68 Å². The van der Waals surface area contributed by atoms with E-state index < -0.39 is 5.41 Å². The summed E-state index contributed by atoms with van der Waals surface area (Å²) in [7, 11) is 0. The number of nitrogens with one attached hydrogen (secondary N) is 1. The number of nitriles is 1. The summed E-state index contributed by atoms with van der Waals surface area (Å²) in [5.41, 5.74) is 4.85. The fourth-order valence-corrected chi connectivity index (χ4v) is 4.52. The Kier molecular flexibility index (Phi) is 7.44. The van der Waals surface area contributed by atoms with Crippen LogP contribution >= 0.6 is 0 Å². The van der Waals surface area contributed by atoms with Crippen molar-refractivity contribution in [1.82, 2.24) is 14.8 Å². The molecule has 4 aromatic rings. The fraction of sp³-hybridized carbons (Fsp3) is 0.290. The topological polar surface area (TPSA) is 102 Å². The quantitative estimate of drug-likeness (QED) is 0.327. The highest BCUT2D eigenvalue weighted by atomic mass is 16.5. The molecule has 0 saturated carbocycles. The van der Waals surface area contributed by atoms with Gasteiger partial charge in [0.05, 0.1) is 36.6 Å². The smallest absolute Gasteiger partial charge is 0.255 e. The van der Waals surface area contributed by atoms with E-state index in [-0.39, 0.29) is 12.0 Å². The molecule has 1 aliphatic rings. The predicted octanol–water partition coefficient (Wildman–Crippen LogP) is 5.85. The molecule has 0 atom stereocenters. The van der Waals surface area contributed by atoms with Crippen LogP contribution in [0.15, 0.2) is 73.3 Å².